The molecule has 1 N–H and O–H groups in total. The van der Waals surface area contributed by atoms with Crippen LogP contribution in [0.1, 0.15) is 11.1 Å². The monoisotopic (exact) mass is 320 g/mol. The fourth-order valence-corrected chi connectivity index (χ4v) is 2.14. The van der Waals surface area contributed by atoms with Crippen molar-refractivity contribution in [3.05, 3.63) is 57.6 Å². The highest BCUT2D eigenvalue weighted by Crippen LogP contribution is 2.35. The van der Waals surface area contributed by atoms with Crippen LogP contribution in [0.3, 0.4) is 0 Å². The number of hydrogen-bond donors (Lipinski definition) is 1. The van der Waals surface area contributed by atoms with Gasteiger partial charge in [-0.05, 0) is 41.0 Å². The molecule has 0 atom stereocenters. The molecule has 0 saturated carbocycles. The van der Waals surface area contributed by atoms with Crippen LogP contribution in [0.2, 0.25) is 10.0 Å². The first kappa shape index (κ1) is 15.2. The van der Waals surface area contributed by atoms with Crippen molar-refractivity contribution in [2.45, 2.75) is 12.8 Å². The Labute approximate surface area is 123 Å². The molecule has 0 amide bonds. The zero-order valence-electron chi connectivity index (χ0n) is 10.0. The van der Waals surface area contributed by atoms with E-state index < -0.39 is 18.3 Å². The first-order valence-electron chi connectivity index (χ1n) is 5.59. The van der Waals surface area contributed by atoms with Crippen LogP contribution in [0.15, 0.2) is 36.4 Å². The lowest BCUT2D eigenvalue weighted by Crippen LogP contribution is -2.06. The van der Waals surface area contributed by atoms with Crippen LogP contribution in [0.25, 0.3) is 11.1 Å². The highest BCUT2D eigenvalue weighted by Gasteiger charge is 2.31. The van der Waals surface area contributed by atoms with Gasteiger partial charge >= 0.3 is 6.18 Å². The Hall–Kier alpha value is -1.23. The number of hydrogen-bond acceptors (Lipinski definition) is 1. The first-order chi connectivity index (χ1) is 9.32. The summed E-state index contributed by atoms with van der Waals surface area (Å²) in [6, 6.07) is 7.95. The van der Waals surface area contributed by atoms with Gasteiger partial charge in [0.05, 0.1) is 22.2 Å². The minimum atomic E-state index is -4.44. The molecule has 0 fully saturated rings. The highest BCUT2D eigenvalue weighted by atomic mass is 35.5. The Kier molecular flexibility index (Phi) is 4.28. The van der Waals surface area contributed by atoms with E-state index in [2.05, 4.69) is 0 Å². The topological polar surface area (TPSA) is 20.2 Å². The van der Waals surface area contributed by atoms with Gasteiger partial charge in [-0.2, -0.15) is 13.2 Å². The fraction of sp³-hybridized carbons (Fsp3) is 0.143. The molecule has 20 heavy (non-hydrogen) atoms. The van der Waals surface area contributed by atoms with Gasteiger partial charge < -0.3 is 5.11 Å². The minimum Gasteiger partial charge on any atom is -0.392 e. The van der Waals surface area contributed by atoms with E-state index in [-0.39, 0.29) is 5.56 Å². The fourth-order valence-electron chi connectivity index (χ4n) is 1.85. The molecule has 1 nitrogen and oxygen atoms in total. The van der Waals surface area contributed by atoms with Crippen molar-refractivity contribution in [2.75, 3.05) is 0 Å². The molecule has 0 heterocycles. The molecule has 0 aromatic heterocycles. The Balaban J connectivity index is 2.54. The summed E-state index contributed by atoms with van der Waals surface area (Å²) in [6.45, 7) is -0.500. The second-order valence-corrected chi connectivity index (χ2v) is 4.97. The maximum Gasteiger partial charge on any atom is 0.416 e. The molecule has 2 aromatic rings. The second-order valence-electron chi connectivity index (χ2n) is 4.16. The zero-order chi connectivity index (χ0) is 14.9. The van der Waals surface area contributed by atoms with Crippen LogP contribution < -0.4 is 0 Å². The lowest BCUT2D eigenvalue weighted by Gasteiger charge is -2.13. The van der Waals surface area contributed by atoms with Gasteiger partial charge in [-0.1, -0.05) is 35.3 Å². The zero-order valence-corrected chi connectivity index (χ0v) is 11.5. The van der Waals surface area contributed by atoms with Crippen LogP contribution in [-0.4, -0.2) is 5.11 Å². The molecule has 0 radical (unpaired) electrons. The van der Waals surface area contributed by atoms with Gasteiger partial charge in [-0.15, -0.1) is 0 Å². The Bertz CT molecular complexity index is 639. The molecule has 2 rings (SSSR count). The van der Waals surface area contributed by atoms with Crippen molar-refractivity contribution < 1.29 is 18.3 Å². The van der Waals surface area contributed by atoms with Crippen molar-refractivity contribution in [3.63, 3.8) is 0 Å². The summed E-state index contributed by atoms with van der Waals surface area (Å²) in [5.41, 5.74) is 0.458. The third-order valence-corrected chi connectivity index (χ3v) is 3.57. The van der Waals surface area contributed by atoms with Crippen molar-refractivity contribution in [1.29, 1.82) is 0 Å². The van der Waals surface area contributed by atoms with Gasteiger partial charge in [0, 0.05) is 0 Å². The molecule has 0 aliphatic rings. The summed E-state index contributed by atoms with van der Waals surface area (Å²) in [6.07, 6.45) is -4.44. The van der Waals surface area contributed by atoms with Gasteiger partial charge in [0.15, 0.2) is 0 Å². The van der Waals surface area contributed by atoms with Gasteiger partial charge in [0.2, 0.25) is 0 Å². The predicted molar refractivity (Wildman–Crippen MR) is 72.8 cm³/mol. The van der Waals surface area contributed by atoms with Crippen LogP contribution in [-0.2, 0) is 12.8 Å². The summed E-state index contributed by atoms with van der Waals surface area (Å²) >= 11 is 11.7. The lowest BCUT2D eigenvalue weighted by molar-refractivity contribution is -0.137. The molecule has 0 saturated heterocycles. The summed E-state index contributed by atoms with van der Waals surface area (Å²) in [5, 5.41) is 9.92. The van der Waals surface area contributed by atoms with Crippen LogP contribution in [0, 0.1) is 0 Å². The van der Waals surface area contributed by atoms with E-state index in [4.69, 9.17) is 23.2 Å². The Morgan fingerprint density at radius 1 is 0.950 bits per heavy atom. The predicted octanol–water partition coefficient (Wildman–Crippen LogP) is 5.17. The minimum absolute atomic E-state index is 0.179. The smallest absolute Gasteiger partial charge is 0.392 e. The van der Waals surface area contributed by atoms with Crippen LogP contribution in [0.4, 0.5) is 13.2 Å². The van der Waals surface area contributed by atoms with Gasteiger partial charge in [0.1, 0.15) is 0 Å². The van der Waals surface area contributed by atoms with E-state index in [1.807, 2.05) is 0 Å². The quantitative estimate of drug-likeness (QED) is 0.809. The molecule has 6 heteroatoms. The summed E-state index contributed by atoms with van der Waals surface area (Å²) in [5.74, 6) is 0. The van der Waals surface area contributed by atoms with Crippen molar-refractivity contribution in [2.24, 2.45) is 0 Å². The molecule has 0 aliphatic carbocycles. The number of rotatable bonds is 2. The molecular formula is C14H9Cl2F3O. The number of halogens is 5. The maximum atomic E-state index is 12.6. The van der Waals surface area contributed by atoms with E-state index in [0.717, 1.165) is 12.1 Å². The molecule has 0 aliphatic heterocycles. The van der Waals surface area contributed by atoms with E-state index in [1.165, 1.54) is 6.07 Å². The standard InChI is InChI=1S/C14H9Cl2F3O/c15-12-4-1-8(6-13(12)16)11-3-2-10(14(17,18)19)5-9(11)7-20/h1-6,20H,7H2. The average Bonchev–Trinajstić information content (AvgIpc) is 2.40. The van der Waals surface area contributed by atoms with Crippen molar-refractivity contribution in [1.82, 2.24) is 0 Å². The third kappa shape index (κ3) is 3.08. The number of alkyl halides is 3. The molecule has 2 aromatic carbocycles. The molecule has 0 bridgehead atoms. The molecule has 0 spiro atoms. The van der Waals surface area contributed by atoms with E-state index in [1.54, 1.807) is 18.2 Å². The highest BCUT2D eigenvalue weighted by molar-refractivity contribution is 6.42. The largest absolute Gasteiger partial charge is 0.416 e. The molecular weight excluding hydrogens is 312 g/mol. The average molecular weight is 321 g/mol. The van der Waals surface area contributed by atoms with Crippen LogP contribution >= 0.6 is 23.2 Å². The van der Waals surface area contributed by atoms with Gasteiger partial charge in [-0.3, -0.25) is 0 Å². The molecule has 106 valence electrons. The second kappa shape index (κ2) is 5.64. The van der Waals surface area contributed by atoms with Crippen molar-refractivity contribution in [3.8, 4) is 11.1 Å². The summed E-state index contributed by atoms with van der Waals surface area (Å²) in [7, 11) is 0. The SMILES string of the molecule is OCc1cc(C(F)(F)F)ccc1-c1ccc(Cl)c(Cl)c1. The van der Waals surface area contributed by atoms with Gasteiger partial charge in [0.25, 0.3) is 0 Å². The maximum absolute atomic E-state index is 12.6. The van der Waals surface area contributed by atoms with E-state index in [0.29, 0.717) is 21.2 Å². The third-order valence-electron chi connectivity index (χ3n) is 2.83. The summed E-state index contributed by atoms with van der Waals surface area (Å²) < 4.78 is 37.9. The van der Waals surface area contributed by atoms with Crippen molar-refractivity contribution >= 4 is 23.2 Å². The van der Waals surface area contributed by atoms with Gasteiger partial charge in [-0.25, -0.2) is 0 Å². The van der Waals surface area contributed by atoms with Crippen LogP contribution in [0.5, 0.6) is 0 Å². The lowest BCUT2D eigenvalue weighted by atomic mass is 9.97. The van der Waals surface area contributed by atoms with E-state index >= 15 is 0 Å². The molecule has 0 unspecified atom stereocenters. The van der Waals surface area contributed by atoms with E-state index in [9.17, 15) is 18.3 Å². The Morgan fingerprint density at radius 2 is 1.65 bits per heavy atom. The first-order valence-corrected chi connectivity index (χ1v) is 6.35. The number of aliphatic hydroxyl groups is 1. The number of benzene rings is 2. The summed E-state index contributed by atoms with van der Waals surface area (Å²) in [4.78, 5) is 0. The normalized spacial score (nSPS) is 11.7. The Morgan fingerprint density at radius 3 is 2.20 bits per heavy atom. The number of aliphatic hydroxyl groups excluding tert-OH is 1.